The van der Waals surface area contributed by atoms with Crippen molar-refractivity contribution in [2.24, 2.45) is 5.73 Å². The third kappa shape index (κ3) is 1.90. The summed E-state index contributed by atoms with van der Waals surface area (Å²) < 4.78 is 2.94. The summed E-state index contributed by atoms with van der Waals surface area (Å²) in [5, 5.41) is 4.61. The summed E-state index contributed by atoms with van der Waals surface area (Å²) >= 11 is 7.62. The van der Waals surface area contributed by atoms with Crippen LogP contribution in [-0.2, 0) is 19.5 Å². The van der Waals surface area contributed by atoms with Crippen LogP contribution in [0.5, 0.6) is 0 Å². The highest BCUT2D eigenvalue weighted by Crippen LogP contribution is 2.37. The zero-order valence-electron chi connectivity index (χ0n) is 9.45. The fourth-order valence-electron chi connectivity index (χ4n) is 2.42. The number of hydrogen-bond donors (Lipinski definition) is 1. The molecule has 5 heteroatoms. The standard InChI is InChI=1S/C12H14ClN3S/c13-11-5-4-10(17-11)12-8(7-14)15-16-6-2-1-3-9(12)16/h4-5H,1-3,6-7,14H2. The van der Waals surface area contributed by atoms with Gasteiger partial charge in [-0.3, -0.25) is 4.68 Å². The molecule has 0 aromatic carbocycles. The highest BCUT2D eigenvalue weighted by molar-refractivity contribution is 7.19. The largest absolute Gasteiger partial charge is 0.325 e. The SMILES string of the molecule is NCc1nn2c(c1-c1ccc(Cl)s1)CCCC2. The van der Waals surface area contributed by atoms with E-state index in [0.29, 0.717) is 6.54 Å². The fourth-order valence-corrected chi connectivity index (χ4v) is 3.55. The van der Waals surface area contributed by atoms with Crippen LogP contribution in [0.2, 0.25) is 4.34 Å². The average Bonchev–Trinajstić information content (AvgIpc) is 2.91. The second-order valence-corrected chi connectivity index (χ2v) is 5.97. The van der Waals surface area contributed by atoms with E-state index < -0.39 is 0 Å². The number of halogens is 1. The van der Waals surface area contributed by atoms with Crippen molar-refractivity contribution in [3.8, 4) is 10.4 Å². The van der Waals surface area contributed by atoms with Crippen molar-refractivity contribution < 1.29 is 0 Å². The van der Waals surface area contributed by atoms with Crippen LogP contribution in [-0.4, -0.2) is 9.78 Å². The van der Waals surface area contributed by atoms with Gasteiger partial charge in [-0.1, -0.05) is 11.6 Å². The van der Waals surface area contributed by atoms with Crippen LogP contribution in [0.4, 0.5) is 0 Å². The summed E-state index contributed by atoms with van der Waals surface area (Å²) in [4.78, 5) is 1.19. The van der Waals surface area contributed by atoms with Gasteiger partial charge in [0.2, 0.25) is 0 Å². The molecule has 1 aliphatic heterocycles. The van der Waals surface area contributed by atoms with Gasteiger partial charge in [-0.05, 0) is 31.4 Å². The Balaban J connectivity index is 2.16. The van der Waals surface area contributed by atoms with Gasteiger partial charge < -0.3 is 5.73 Å². The fraction of sp³-hybridized carbons (Fsp3) is 0.417. The van der Waals surface area contributed by atoms with E-state index in [1.54, 1.807) is 11.3 Å². The highest BCUT2D eigenvalue weighted by atomic mass is 35.5. The lowest BCUT2D eigenvalue weighted by atomic mass is 10.0. The quantitative estimate of drug-likeness (QED) is 0.909. The number of nitrogens with two attached hydrogens (primary N) is 1. The number of nitrogens with zero attached hydrogens (tertiary/aromatic N) is 2. The van der Waals surface area contributed by atoms with E-state index in [4.69, 9.17) is 17.3 Å². The predicted molar refractivity (Wildman–Crippen MR) is 71.4 cm³/mol. The summed E-state index contributed by atoms with van der Waals surface area (Å²) in [6, 6.07) is 4.01. The molecular weight excluding hydrogens is 254 g/mol. The normalized spacial score (nSPS) is 14.9. The lowest BCUT2D eigenvalue weighted by molar-refractivity contribution is 0.484. The van der Waals surface area contributed by atoms with Gasteiger partial charge in [0.1, 0.15) is 0 Å². The topological polar surface area (TPSA) is 43.8 Å². The molecule has 2 N–H and O–H groups in total. The Morgan fingerprint density at radius 1 is 1.41 bits per heavy atom. The average molecular weight is 268 g/mol. The first-order valence-electron chi connectivity index (χ1n) is 5.84. The molecule has 0 amide bonds. The van der Waals surface area contributed by atoms with Crippen LogP contribution in [0.25, 0.3) is 10.4 Å². The Morgan fingerprint density at radius 2 is 2.29 bits per heavy atom. The lowest BCUT2D eigenvalue weighted by Crippen LogP contribution is -2.11. The minimum absolute atomic E-state index is 0.491. The molecule has 0 spiro atoms. The lowest BCUT2D eigenvalue weighted by Gasteiger charge is -2.14. The molecule has 1 aliphatic rings. The molecule has 2 aromatic rings. The highest BCUT2D eigenvalue weighted by Gasteiger charge is 2.21. The van der Waals surface area contributed by atoms with E-state index in [1.807, 2.05) is 6.07 Å². The molecule has 2 aromatic heterocycles. The van der Waals surface area contributed by atoms with Crippen molar-refractivity contribution in [1.82, 2.24) is 9.78 Å². The van der Waals surface area contributed by atoms with Crippen molar-refractivity contribution in [2.45, 2.75) is 32.4 Å². The van der Waals surface area contributed by atoms with Gasteiger partial charge in [-0.15, -0.1) is 11.3 Å². The Kier molecular flexibility index (Phi) is 2.94. The summed E-state index contributed by atoms with van der Waals surface area (Å²) in [5.41, 5.74) is 9.36. The molecule has 0 fully saturated rings. The maximum absolute atomic E-state index is 6.02. The van der Waals surface area contributed by atoms with Crippen molar-refractivity contribution in [3.05, 3.63) is 27.9 Å². The Morgan fingerprint density at radius 3 is 3.00 bits per heavy atom. The molecule has 17 heavy (non-hydrogen) atoms. The molecule has 0 saturated carbocycles. The van der Waals surface area contributed by atoms with Crippen LogP contribution in [0.1, 0.15) is 24.2 Å². The first-order chi connectivity index (χ1) is 8.29. The second kappa shape index (κ2) is 4.44. The summed E-state index contributed by atoms with van der Waals surface area (Å²) in [6.07, 6.45) is 3.54. The number of fused-ring (bicyclic) bond motifs is 1. The predicted octanol–water partition coefficient (Wildman–Crippen LogP) is 3.06. The van der Waals surface area contributed by atoms with Gasteiger partial charge in [0.15, 0.2) is 0 Å². The molecular formula is C12H14ClN3S. The number of thiophene rings is 1. The monoisotopic (exact) mass is 267 g/mol. The molecule has 0 unspecified atom stereocenters. The van der Waals surface area contributed by atoms with Gasteiger partial charge in [0, 0.05) is 29.2 Å². The van der Waals surface area contributed by atoms with Crippen molar-refractivity contribution in [2.75, 3.05) is 0 Å². The number of aromatic nitrogens is 2. The van der Waals surface area contributed by atoms with E-state index in [-0.39, 0.29) is 0 Å². The second-order valence-electron chi connectivity index (χ2n) is 4.26. The van der Waals surface area contributed by atoms with Crippen LogP contribution in [0.3, 0.4) is 0 Å². The maximum Gasteiger partial charge on any atom is 0.0934 e. The number of aryl methyl sites for hydroxylation is 1. The van der Waals surface area contributed by atoms with E-state index in [1.165, 1.54) is 29.0 Å². The zero-order valence-corrected chi connectivity index (χ0v) is 11.0. The minimum atomic E-state index is 0.491. The van der Waals surface area contributed by atoms with Crippen LogP contribution in [0, 0.1) is 0 Å². The molecule has 3 rings (SSSR count). The van der Waals surface area contributed by atoms with Crippen LogP contribution in [0.15, 0.2) is 12.1 Å². The van der Waals surface area contributed by atoms with Crippen molar-refractivity contribution in [3.63, 3.8) is 0 Å². The summed E-state index contributed by atoms with van der Waals surface area (Å²) in [6.45, 7) is 1.51. The summed E-state index contributed by atoms with van der Waals surface area (Å²) in [7, 11) is 0. The van der Waals surface area contributed by atoms with E-state index in [0.717, 1.165) is 23.0 Å². The molecule has 90 valence electrons. The molecule has 0 radical (unpaired) electrons. The molecule has 0 saturated heterocycles. The minimum Gasteiger partial charge on any atom is -0.325 e. The molecule has 3 heterocycles. The number of hydrogen-bond acceptors (Lipinski definition) is 3. The Hall–Kier alpha value is -0.840. The van der Waals surface area contributed by atoms with Crippen LogP contribution >= 0.6 is 22.9 Å². The molecule has 0 bridgehead atoms. The van der Waals surface area contributed by atoms with Gasteiger partial charge in [0.05, 0.1) is 10.0 Å². The van der Waals surface area contributed by atoms with Crippen LogP contribution < -0.4 is 5.73 Å². The molecule has 0 atom stereocenters. The summed E-state index contributed by atoms with van der Waals surface area (Å²) in [5.74, 6) is 0. The van der Waals surface area contributed by atoms with E-state index >= 15 is 0 Å². The number of rotatable bonds is 2. The van der Waals surface area contributed by atoms with E-state index in [2.05, 4.69) is 15.8 Å². The third-order valence-electron chi connectivity index (χ3n) is 3.18. The van der Waals surface area contributed by atoms with Gasteiger partial charge >= 0.3 is 0 Å². The Bertz CT molecular complexity index is 544. The maximum atomic E-state index is 6.02. The zero-order chi connectivity index (χ0) is 11.8. The van der Waals surface area contributed by atoms with Gasteiger partial charge in [-0.25, -0.2) is 0 Å². The smallest absolute Gasteiger partial charge is 0.0934 e. The van der Waals surface area contributed by atoms with Gasteiger partial charge in [-0.2, -0.15) is 5.10 Å². The van der Waals surface area contributed by atoms with Crippen molar-refractivity contribution >= 4 is 22.9 Å². The first kappa shape index (κ1) is 11.3. The molecule has 3 nitrogen and oxygen atoms in total. The first-order valence-corrected chi connectivity index (χ1v) is 7.03. The molecule has 0 aliphatic carbocycles. The Labute approximate surface area is 109 Å². The third-order valence-corrected chi connectivity index (χ3v) is 4.43. The van der Waals surface area contributed by atoms with Gasteiger partial charge in [0.25, 0.3) is 0 Å². The van der Waals surface area contributed by atoms with E-state index in [9.17, 15) is 0 Å². The van der Waals surface area contributed by atoms with Crippen molar-refractivity contribution in [1.29, 1.82) is 0 Å².